The monoisotopic (exact) mass is 404 g/mol. The Hall–Kier alpha value is -2.42. The van der Waals surface area contributed by atoms with Crippen LogP contribution in [0.15, 0.2) is 47.4 Å². The molecule has 1 heterocycles. The summed E-state index contributed by atoms with van der Waals surface area (Å²) >= 11 is 0. The number of rotatable bonds is 6. The maximum absolute atomic E-state index is 12.9. The smallest absolute Gasteiger partial charge is 0.255 e. The lowest BCUT2D eigenvalue weighted by Gasteiger charge is -2.26. The summed E-state index contributed by atoms with van der Waals surface area (Å²) in [5, 5.41) is 2.78. The second-order valence-corrected chi connectivity index (χ2v) is 8.37. The van der Waals surface area contributed by atoms with Gasteiger partial charge in [0.25, 0.3) is 5.91 Å². The molecule has 0 saturated carbocycles. The van der Waals surface area contributed by atoms with E-state index in [0.717, 1.165) is 5.56 Å². The predicted octanol–water partition coefficient (Wildman–Crippen LogP) is 2.67. The highest BCUT2D eigenvalue weighted by Crippen LogP contribution is 2.30. The summed E-state index contributed by atoms with van der Waals surface area (Å²) in [5.41, 5.74) is 1.77. The standard InChI is InChI=1S/C20H24N2O5S/c1-3-27-19-8-7-17(28(24,25)22-9-11-26-12-10-22)14-18(19)21-20(23)16-6-4-5-15(2)13-16/h4-8,13-14H,3,9-12H2,1-2H3,(H,21,23). The third kappa shape index (κ3) is 4.52. The number of amides is 1. The van der Waals surface area contributed by atoms with Crippen LogP contribution in [0.1, 0.15) is 22.8 Å². The molecule has 150 valence electrons. The zero-order valence-electron chi connectivity index (χ0n) is 16.0. The highest BCUT2D eigenvalue weighted by atomic mass is 32.2. The van der Waals surface area contributed by atoms with Gasteiger partial charge in [0.05, 0.1) is 30.4 Å². The van der Waals surface area contributed by atoms with Crippen molar-refractivity contribution in [3.8, 4) is 5.75 Å². The fourth-order valence-corrected chi connectivity index (χ4v) is 4.40. The topological polar surface area (TPSA) is 84.9 Å². The van der Waals surface area contributed by atoms with E-state index in [2.05, 4.69) is 5.32 Å². The number of carbonyl (C=O) groups excluding carboxylic acids is 1. The van der Waals surface area contributed by atoms with E-state index in [9.17, 15) is 13.2 Å². The van der Waals surface area contributed by atoms with E-state index in [1.165, 1.54) is 16.4 Å². The largest absolute Gasteiger partial charge is 0.492 e. The number of nitrogens with one attached hydrogen (secondary N) is 1. The Morgan fingerprint density at radius 3 is 2.61 bits per heavy atom. The molecule has 1 saturated heterocycles. The van der Waals surface area contributed by atoms with Crippen molar-refractivity contribution in [2.45, 2.75) is 18.7 Å². The quantitative estimate of drug-likeness (QED) is 0.800. The van der Waals surface area contributed by atoms with Crippen LogP contribution in [0, 0.1) is 6.92 Å². The summed E-state index contributed by atoms with van der Waals surface area (Å²) in [6.07, 6.45) is 0. The Morgan fingerprint density at radius 2 is 1.93 bits per heavy atom. The predicted molar refractivity (Wildman–Crippen MR) is 106 cm³/mol. The molecule has 3 rings (SSSR count). The number of aryl methyl sites for hydroxylation is 1. The number of hydrogen-bond donors (Lipinski definition) is 1. The van der Waals surface area contributed by atoms with Crippen molar-refractivity contribution in [3.63, 3.8) is 0 Å². The van der Waals surface area contributed by atoms with Gasteiger partial charge >= 0.3 is 0 Å². The molecule has 0 radical (unpaired) electrons. The molecule has 1 fully saturated rings. The van der Waals surface area contributed by atoms with Crippen molar-refractivity contribution in [1.82, 2.24) is 4.31 Å². The van der Waals surface area contributed by atoms with Crippen molar-refractivity contribution in [2.24, 2.45) is 0 Å². The molecule has 1 amide bonds. The molecule has 2 aromatic carbocycles. The van der Waals surface area contributed by atoms with Crippen LogP contribution in [0.5, 0.6) is 5.75 Å². The second kappa shape index (κ2) is 8.72. The van der Waals surface area contributed by atoms with E-state index in [-0.39, 0.29) is 10.8 Å². The maximum atomic E-state index is 12.9. The van der Waals surface area contributed by atoms with Crippen LogP contribution >= 0.6 is 0 Å². The van der Waals surface area contributed by atoms with E-state index in [0.29, 0.717) is 49.9 Å². The second-order valence-electron chi connectivity index (χ2n) is 6.43. The number of morpholine rings is 1. The molecule has 0 aliphatic carbocycles. The fraction of sp³-hybridized carbons (Fsp3) is 0.350. The van der Waals surface area contributed by atoms with Gasteiger partial charge in [0.1, 0.15) is 5.75 Å². The van der Waals surface area contributed by atoms with Crippen molar-refractivity contribution in [3.05, 3.63) is 53.6 Å². The number of anilines is 1. The van der Waals surface area contributed by atoms with E-state index < -0.39 is 10.0 Å². The average molecular weight is 404 g/mol. The van der Waals surface area contributed by atoms with Gasteiger partial charge in [-0.3, -0.25) is 4.79 Å². The minimum Gasteiger partial charge on any atom is -0.492 e. The summed E-state index contributed by atoms with van der Waals surface area (Å²) in [4.78, 5) is 12.8. The number of carbonyl (C=O) groups is 1. The maximum Gasteiger partial charge on any atom is 0.255 e. The minimum absolute atomic E-state index is 0.109. The molecule has 28 heavy (non-hydrogen) atoms. The highest BCUT2D eigenvalue weighted by molar-refractivity contribution is 7.89. The average Bonchev–Trinajstić information content (AvgIpc) is 2.70. The minimum atomic E-state index is -3.68. The van der Waals surface area contributed by atoms with Crippen molar-refractivity contribution in [2.75, 3.05) is 38.2 Å². The lowest BCUT2D eigenvalue weighted by molar-refractivity contribution is 0.0730. The summed E-state index contributed by atoms with van der Waals surface area (Å²) in [5.74, 6) is 0.0926. The summed E-state index contributed by atoms with van der Waals surface area (Å²) in [6.45, 7) is 5.47. The Balaban J connectivity index is 1.92. The normalized spacial score (nSPS) is 15.2. The van der Waals surface area contributed by atoms with Crippen LogP contribution in [0.3, 0.4) is 0 Å². The Bertz CT molecular complexity index is 953. The number of ether oxygens (including phenoxy) is 2. The van der Waals surface area contributed by atoms with Crippen LogP contribution in [-0.4, -0.2) is 51.5 Å². The van der Waals surface area contributed by atoms with Crippen LogP contribution in [0.25, 0.3) is 0 Å². The van der Waals surface area contributed by atoms with Gasteiger partial charge in [-0.05, 0) is 44.2 Å². The number of hydrogen-bond acceptors (Lipinski definition) is 5. The Labute approximate surface area is 165 Å². The van der Waals surface area contributed by atoms with Crippen LogP contribution < -0.4 is 10.1 Å². The lowest BCUT2D eigenvalue weighted by Crippen LogP contribution is -2.40. The first-order valence-electron chi connectivity index (χ1n) is 9.14. The molecule has 1 N–H and O–H groups in total. The zero-order valence-corrected chi connectivity index (χ0v) is 16.8. The van der Waals surface area contributed by atoms with Gasteiger partial charge in [-0.15, -0.1) is 0 Å². The molecular weight excluding hydrogens is 380 g/mol. The van der Waals surface area contributed by atoms with E-state index in [1.807, 2.05) is 19.9 Å². The van der Waals surface area contributed by atoms with Gasteiger partial charge < -0.3 is 14.8 Å². The van der Waals surface area contributed by atoms with Crippen molar-refractivity contribution < 1.29 is 22.7 Å². The molecule has 8 heteroatoms. The zero-order chi connectivity index (χ0) is 20.1. The van der Waals surface area contributed by atoms with Crippen molar-refractivity contribution >= 4 is 21.6 Å². The molecule has 0 spiro atoms. The van der Waals surface area contributed by atoms with E-state index in [1.54, 1.807) is 24.3 Å². The molecule has 0 aromatic heterocycles. The number of sulfonamides is 1. The highest BCUT2D eigenvalue weighted by Gasteiger charge is 2.27. The van der Waals surface area contributed by atoms with Gasteiger partial charge in [0, 0.05) is 18.7 Å². The summed E-state index contributed by atoms with van der Waals surface area (Å²) in [7, 11) is -3.68. The molecule has 2 aromatic rings. The molecule has 1 aliphatic heterocycles. The van der Waals surface area contributed by atoms with Gasteiger partial charge in [-0.1, -0.05) is 17.7 Å². The molecular formula is C20H24N2O5S. The molecule has 0 unspecified atom stereocenters. The van der Waals surface area contributed by atoms with Crippen LogP contribution in [0.4, 0.5) is 5.69 Å². The van der Waals surface area contributed by atoms with E-state index >= 15 is 0 Å². The number of nitrogens with zero attached hydrogens (tertiary/aromatic N) is 1. The first kappa shape index (κ1) is 20.3. The number of benzene rings is 2. The van der Waals surface area contributed by atoms with Gasteiger partial charge in [-0.2, -0.15) is 4.31 Å². The van der Waals surface area contributed by atoms with Crippen LogP contribution in [-0.2, 0) is 14.8 Å². The summed E-state index contributed by atoms with van der Waals surface area (Å²) < 4.78 is 38.0. The third-order valence-electron chi connectivity index (χ3n) is 4.39. The molecule has 0 bridgehead atoms. The lowest BCUT2D eigenvalue weighted by atomic mass is 10.1. The first-order valence-corrected chi connectivity index (χ1v) is 10.6. The van der Waals surface area contributed by atoms with Gasteiger partial charge in [-0.25, -0.2) is 8.42 Å². The molecule has 1 aliphatic rings. The third-order valence-corrected chi connectivity index (χ3v) is 6.28. The SMILES string of the molecule is CCOc1ccc(S(=O)(=O)N2CCOCC2)cc1NC(=O)c1cccc(C)c1. The van der Waals surface area contributed by atoms with Crippen LogP contribution in [0.2, 0.25) is 0 Å². The van der Waals surface area contributed by atoms with E-state index in [4.69, 9.17) is 9.47 Å². The van der Waals surface area contributed by atoms with Gasteiger partial charge in [0.15, 0.2) is 0 Å². The summed E-state index contributed by atoms with van der Waals surface area (Å²) in [6, 6.07) is 11.7. The Morgan fingerprint density at radius 1 is 1.18 bits per heavy atom. The van der Waals surface area contributed by atoms with Crippen molar-refractivity contribution in [1.29, 1.82) is 0 Å². The Kier molecular flexibility index (Phi) is 6.33. The molecule has 0 atom stereocenters. The molecule has 7 nitrogen and oxygen atoms in total. The fourth-order valence-electron chi connectivity index (χ4n) is 2.97. The first-order chi connectivity index (χ1) is 13.4. The van der Waals surface area contributed by atoms with Gasteiger partial charge in [0.2, 0.25) is 10.0 Å².